The number of rotatable bonds is 1. The molecule has 1 unspecified atom stereocenters. The summed E-state index contributed by atoms with van der Waals surface area (Å²) >= 11 is 0. The molecule has 3 nitrogen and oxygen atoms in total. The predicted octanol–water partition coefficient (Wildman–Crippen LogP) is 1.39. The van der Waals surface area contributed by atoms with Gasteiger partial charge in [-0.2, -0.15) is 5.06 Å². The summed E-state index contributed by atoms with van der Waals surface area (Å²) in [5, 5.41) is 1.87. The molecule has 1 saturated heterocycles. The molecule has 0 radical (unpaired) electrons. The van der Waals surface area contributed by atoms with Crippen LogP contribution < -0.4 is 0 Å². The van der Waals surface area contributed by atoms with Gasteiger partial charge in [-0.05, 0) is 12.5 Å². The minimum absolute atomic E-state index is 0.212. The Kier molecular flexibility index (Phi) is 2.06. The normalized spacial score (nSPS) is 24.6. The lowest BCUT2D eigenvalue weighted by Crippen LogP contribution is -2.10. The van der Waals surface area contributed by atoms with Crippen molar-refractivity contribution in [3.05, 3.63) is 30.1 Å². The van der Waals surface area contributed by atoms with E-state index in [1.807, 2.05) is 24.4 Å². The fourth-order valence-electron chi connectivity index (χ4n) is 1.42. The van der Waals surface area contributed by atoms with Crippen LogP contribution in [0.2, 0.25) is 0 Å². The first-order chi connectivity index (χ1) is 5.86. The molecule has 1 aliphatic rings. The maximum absolute atomic E-state index is 5.54. The first kappa shape index (κ1) is 7.71. The van der Waals surface area contributed by atoms with Gasteiger partial charge in [-0.25, -0.2) is 0 Å². The molecule has 0 N–H and O–H groups in total. The van der Waals surface area contributed by atoms with Crippen LogP contribution in [0.1, 0.15) is 18.1 Å². The smallest absolute Gasteiger partial charge is 0.107 e. The van der Waals surface area contributed by atoms with Crippen LogP contribution in [0.3, 0.4) is 0 Å². The number of hydrogen-bond donors (Lipinski definition) is 0. The van der Waals surface area contributed by atoms with Crippen molar-refractivity contribution in [1.29, 1.82) is 0 Å². The van der Waals surface area contributed by atoms with Crippen LogP contribution in [0.15, 0.2) is 24.5 Å². The van der Waals surface area contributed by atoms with E-state index in [0.717, 1.165) is 13.0 Å². The molecule has 1 aromatic rings. The summed E-state index contributed by atoms with van der Waals surface area (Å²) in [5.74, 6) is 0. The van der Waals surface area contributed by atoms with Crippen LogP contribution in [0.25, 0.3) is 0 Å². The Labute approximate surface area is 71.9 Å². The van der Waals surface area contributed by atoms with E-state index < -0.39 is 0 Å². The highest BCUT2D eigenvalue weighted by atomic mass is 16.7. The van der Waals surface area contributed by atoms with Crippen molar-refractivity contribution in [2.24, 2.45) is 0 Å². The molecule has 2 rings (SSSR count). The zero-order chi connectivity index (χ0) is 8.39. The first-order valence-corrected chi connectivity index (χ1v) is 4.14. The molecule has 3 heteroatoms. The minimum atomic E-state index is 0.212. The summed E-state index contributed by atoms with van der Waals surface area (Å²) in [6.45, 7) is 1.000. The second-order valence-corrected chi connectivity index (χ2v) is 3.02. The third-order valence-corrected chi connectivity index (χ3v) is 2.07. The predicted molar refractivity (Wildman–Crippen MR) is 45.3 cm³/mol. The SMILES string of the molecule is CN1CCC(c2cccnc2)O1. The van der Waals surface area contributed by atoms with Crippen LogP contribution in [0.5, 0.6) is 0 Å². The van der Waals surface area contributed by atoms with Crippen LogP contribution in [0, 0.1) is 0 Å². The third-order valence-electron chi connectivity index (χ3n) is 2.07. The summed E-state index contributed by atoms with van der Waals surface area (Å²) in [5.41, 5.74) is 1.17. The lowest BCUT2D eigenvalue weighted by Gasteiger charge is -2.10. The number of hydrogen-bond acceptors (Lipinski definition) is 3. The molecule has 0 aliphatic carbocycles. The summed E-state index contributed by atoms with van der Waals surface area (Å²) < 4.78 is 0. The van der Waals surface area contributed by atoms with Crippen LogP contribution in [0.4, 0.5) is 0 Å². The van der Waals surface area contributed by atoms with Crippen molar-refractivity contribution in [2.75, 3.05) is 13.6 Å². The van der Waals surface area contributed by atoms with Crippen molar-refractivity contribution in [2.45, 2.75) is 12.5 Å². The largest absolute Gasteiger partial charge is 0.291 e. The number of aromatic nitrogens is 1. The molecular weight excluding hydrogens is 152 g/mol. The Morgan fingerprint density at radius 3 is 3.17 bits per heavy atom. The van der Waals surface area contributed by atoms with E-state index in [2.05, 4.69) is 11.1 Å². The molecular formula is C9H12N2O. The van der Waals surface area contributed by atoms with E-state index in [4.69, 9.17) is 4.84 Å². The maximum Gasteiger partial charge on any atom is 0.107 e. The van der Waals surface area contributed by atoms with Gasteiger partial charge in [0.25, 0.3) is 0 Å². The third kappa shape index (κ3) is 1.47. The molecule has 1 aliphatic heterocycles. The molecule has 0 bridgehead atoms. The Balaban J connectivity index is 2.11. The maximum atomic E-state index is 5.54. The lowest BCUT2D eigenvalue weighted by molar-refractivity contribution is -0.128. The zero-order valence-corrected chi connectivity index (χ0v) is 7.10. The van der Waals surface area contributed by atoms with E-state index in [9.17, 15) is 0 Å². The first-order valence-electron chi connectivity index (χ1n) is 4.14. The van der Waals surface area contributed by atoms with Gasteiger partial charge in [-0.3, -0.25) is 9.82 Å². The Morgan fingerprint density at radius 2 is 2.58 bits per heavy atom. The van der Waals surface area contributed by atoms with E-state index in [1.54, 1.807) is 6.20 Å². The van der Waals surface area contributed by atoms with Gasteiger partial charge in [0.1, 0.15) is 6.10 Å². The summed E-state index contributed by atoms with van der Waals surface area (Å²) in [4.78, 5) is 9.60. The average Bonchev–Trinajstić information content (AvgIpc) is 2.54. The molecule has 12 heavy (non-hydrogen) atoms. The monoisotopic (exact) mass is 164 g/mol. The topological polar surface area (TPSA) is 25.4 Å². The molecule has 2 heterocycles. The Morgan fingerprint density at radius 1 is 1.67 bits per heavy atom. The molecule has 1 aromatic heterocycles. The molecule has 0 saturated carbocycles. The van der Waals surface area contributed by atoms with Gasteiger partial charge in [0.2, 0.25) is 0 Å². The number of pyridine rings is 1. The molecule has 1 atom stereocenters. The number of nitrogens with zero attached hydrogens (tertiary/aromatic N) is 2. The van der Waals surface area contributed by atoms with Gasteiger partial charge < -0.3 is 0 Å². The van der Waals surface area contributed by atoms with Crippen LogP contribution >= 0.6 is 0 Å². The molecule has 1 fully saturated rings. The zero-order valence-electron chi connectivity index (χ0n) is 7.10. The van der Waals surface area contributed by atoms with Gasteiger partial charge in [0, 0.05) is 31.5 Å². The van der Waals surface area contributed by atoms with Crippen LogP contribution in [-0.2, 0) is 4.84 Å². The Bertz CT molecular complexity index is 250. The summed E-state index contributed by atoms with van der Waals surface area (Å²) in [6, 6.07) is 3.99. The minimum Gasteiger partial charge on any atom is -0.291 e. The fraction of sp³-hybridized carbons (Fsp3) is 0.444. The molecule has 0 amide bonds. The van der Waals surface area contributed by atoms with Gasteiger partial charge in [0.05, 0.1) is 0 Å². The fourth-order valence-corrected chi connectivity index (χ4v) is 1.42. The molecule has 0 aromatic carbocycles. The van der Waals surface area contributed by atoms with E-state index >= 15 is 0 Å². The van der Waals surface area contributed by atoms with Gasteiger partial charge in [0.15, 0.2) is 0 Å². The Hall–Kier alpha value is -0.930. The van der Waals surface area contributed by atoms with Crippen molar-refractivity contribution in [3.8, 4) is 0 Å². The van der Waals surface area contributed by atoms with Gasteiger partial charge >= 0.3 is 0 Å². The second kappa shape index (κ2) is 3.21. The van der Waals surface area contributed by atoms with Crippen molar-refractivity contribution < 1.29 is 4.84 Å². The average molecular weight is 164 g/mol. The number of hydroxylamine groups is 2. The highest BCUT2D eigenvalue weighted by molar-refractivity contribution is 5.12. The lowest BCUT2D eigenvalue weighted by atomic mass is 10.1. The van der Waals surface area contributed by atoms with E-state index in [1.165, 1.54) is 5.56 Å². The highest BCUT2D eigenvalue weighted by Gasteiger charge is 2.21. The molecule has 0 spiro atoms. The van der Waals surface area contributed by atoms with Crippen molar-refractivity contribution >= 4 is 0 Å². The standard InChI is InChI=1S/C9H12N2O/c1-11-6-4-9(12-11)8-3-2-5-10-7-8/h2-3,5,7,9H,4,6H2,1H3. The van der Waals surface area contributed by atoms with E-state index in [0.29, 0.717) is 0 Å². The molecule has 64 valence electrons. The summed E-state index contributed by atoms with van der Waals surface area (Å²) in [6.07, 6.45) is 4.91. The second-order valence-electron chi connectivity index (χ2n) is 3.02. The van der Waals surface area contributed by atoms with Crippen molar-refractivity contribution in [1.82, 2.24) is 10.0 Å². The quantitative estimate of drug-likeness (QED) is 0.627. The van der Waals surface area contributed by atoms with E-state index in [-0.39, 0.29) is 6.10 Å². The van der Waals surface area contributed by atoms with Crippen LogP contribution in [-0.4, -0.2) is 23.6 Å². The highest BCUT2D eigenvalue weighted by Crippen LogP contribution is 2.26. The van der Waals surface area contributed by atoms with Gasteiger partial charge in [-0.1, -0.05) is 6.07 Å². The van der Waals surface area contributed by atoms with Gasteiger partial charge in [-0.15, -0.1) is 0 Å². The summed E-state index contributed by atoms with van der Waals surface area (Å²) in [7, 11) is 1.95. The van der Waals surface area contributed by atoms with Crippen molar-refractivity contribution in [3.63, 3.8) is 0 Å².